The van der Waals surface area contributed by atoms with Gasteiger partial charge >= 0.3 is 0 Å². The molecule has 1 aromatic heterocycles. The largest absolute Gasteiger partial charge is 0.383 e. The zero-order valence-corrected chi connectivity index (χ0v) is 7.25. The molecule has 0 unspecified atom stereocenters. The minimum atomic E-state index is 0.649. The summed E-state index contributed by atoms with van der Waals surface area (Å²) in [5.41, 5.74) is 6.93. The topological polar surface area (TPSA) is 51.8 Å². The summed E-state index contributed by atoms with van der Waals surface area (Å²) in [7, 11) is 0. The van der Waals surface area contributed by atoms with Crippen molar-refractivity contribution in [2.24, 2.45) is 0 Å². The molecule has 0 saturated heterocycles. The second kappa shape index (κ2) is 2.73. The number of anilines is 1. The van der Waals surface area contributed by atoms with Crippen molar-refractivity contribution in [2.45, 2.75) is 32.1 Å². The van der Waals surface area contributed by atoms with Gasteiger partial charge in [0.05, 0.1) is 0 Å². The molecule has 0 radical (unpaired) electrons. The summed E-state index contributed by atoms with van der Waals surface area (Å²) in [4.78, 5) is 8.45. The lowest BCUT2D eigenvalue weighted by Gasteiger charge is -2.03. The quantitative estimate of drug-likeness (QED) is 0.718. The molecule has 1 aliphatic rings. The first-order valence-corrected chi connectivity index (χ1v) is 4.42. The van der Waals surface area contributed by atoms with Gasteiger partial charge in [-0.1, -0.05) is 6.92 Å². The van der Waals surface area contributed by atoms with Crippen molar-refractivity contribution < 1.29 is 0 Å². The Morgan fingerprint density at radius 3 is 2.83 bits per heavy atom. The maximum Gasteiger partial charge on any atom is 0.130 e. The molecule has 0 atom stereocenters. The van der Waals surface area contributed by atoms with Crippen LogP contribution >= 0.6 is 0 Å². The number of aryl methyl sites for hydroxylation is 1. The van der Waals surface area contributed by atoms with Crippen LogP contribution in [-0.2, 0) is 6.42 Å². The molecule has 1 aromatic rings. The van der Waals surface area contributed by atoms with E-state index in [2.05, 4.69) is 9.97 Å². The van der Waals surface area contributed by atoms with E-state index in [1.165, 1.54) is 12.8 Å². The second-order valence-electron chi connectivity index (χ2n) is 3.25. The Hall–Kier alpha value is -1.12. The lowest BCUT2D eigenvalue weighted by atomic mass is 10.2. The van der Waals surface area contributed by atoms with Crippen molar-refractivity contribution in [1.29, 1.82) is 0 Å². The molecular weight excluding hydrogens is 150 g/mol. The molecule has 1 fully saturated rings. The van der Waals surface area contributed by atoms with Gasteiger partial charge in [0.25, 0.3) is 0 Å². The Bertz CT molecular complexity index is 292. The Kier molecular flexibility index (Phi) is 1.71. The van der Waals surface area contributed by atoms with Crippen LogP contribution in [0, 0.1) is 0 Å². The van der Waals surface area contributed by atoms with E-state index in [1.807, 2.05) is 13.1 Å². The summed E-state index contributed by atoms with van der Waals surface area (Å²) in [6, 6.07) is 0. The van der Waals surface area contributed by atoms with Gasteiger partial charge in [0, 0.05) is 18.2 Å². The third-order valence-electron chi connectivity index (χ3n) is 2.23. The number of nitrogen functional groups attached to an aromatic ring is 1. The molecular formula is C9H13N3. The highest BCUT2D eigenvalue weighted by atomic mass is 14.9. The SMILES string of the molecule is CCc1ncc(C2CC2)c(N)n1. The number of nitrogens with zero attached hydrogens (tertiary/aromatic N) is 2. The third-order valence-corrected chi connectivity index (χ3v) is 2.23. The highest BCUT2D eigenvalue weighted by molar-refractivity contribution is 5.42. The highest BCUT2D eigenvalue weighted by Crippen LogP contribution is 2.41. The van der Waals surface area contributed by atoms with Crippen molar-refractivity contribution in [3.63, 3.8) is 0 Å². The van der Waals surface area contributed by atoms with Crippen LogP contribution in [0.3, 0.4) is 0 Å². The van der Waals surface area contributed by atoms with Crippen molar-refractivity contribution >= 4 is 5.82 Å². The van der Waals surface area contributed by atoms with Crippen LogP contribution in [0.15, 0.2) is 6.20 Å². The summed E-state index contributed by atoms with van der Waals surface area (Å²) in [6.07, 6.45) is 5.24. The van der Waals surface area contributed by atoms with Crippen LogP contribution in [0.4, 0.5) is 5.82 Å². The molecule has 2 rings (SSSR count). The second-order valence-corrected chi connectivity index (χ2v) is 3.25. The first kappa shape index (κ1) is 7.53. The molecule has 0 amide bonds. The normalized spacial score (nSPS) is 16.4. The fourth-order valence-corrected chi connectivity index (χ4v) is 1.32. The Labute approximate surface area is 72.0 Å². The summed E-state index contributed by atoms with van der Waals surface area (Å²) < 4.78 is 0. The average Bonchev–Trinajstić information content (AvgIpc) is 2.87. The van der Waals surface area contributed by atoms with Gasteiger partial charge in [0.2, 0.25) is 0 Å². The first-order valence-electron chi connectivity index (χ1n) is 4.42. The van der Waals surface area contributed by atoms with Gasteiger partial charge < -0.3 is 5.73 Å². The predicted molar refractivity (Wildman–Crippen MR) is 47.8 cm³/mol. The zero-order chi connectivity index (χ0) is 8.55. The minimum Gasteiger partial charge on any atom is -0.383 e. The van der Waals surface area contributed by atoms with Crippen LogP contribution in [0.25, 0.3) is 0 Å². The van der Waals surface area contributed by atoms with Crippen molar-refractivity contribution in [3.05, 3.63) is 17.6 Å². The van der Waals surface area contributed by atoms with E-state index in [1.54, 1.807) is 0 Å². The predicted octanol–water partition coefficient (Wildman–Crippen LogP) is 1.50. The molecule has 0 aromatic carbocycles. The van der Waals surface area contributed by atoms with Crippen LogP contribution in [0.1, 0.15) is 37.1 Å². The lowest BCUT2D eigenvalue weighted by molar-refractivity contribution is 0.918. The molecule has 3 heteroatoms. The van der Waals surface area contributed by atoms with E-state index < -0.39 is 0 Å². The lowest BCUT2D eigenvalue weighted by Crippen LogP contribution is -2.02. The number of rotatable bonds is 2. The summed E-state index contributed by atoms with van der Waals surface area (Å²) in [6.45, 7) is 2.03. The number of hydrogen-bond acceptors (Lipinski definition) is 3. The van der Waals surface area contributed by atoms with E-state index in [9.17, 15) is 0 Å². The molecule has 0 aliphatic heterocycles. The first-order chi connectivity index (χ1) is 5.81. The Morgan fingerprint density at radius 1 is 1.58 bits per heavy atom. The Balaban J connectivity index is 2.32. The van der Waals surface area contributed by atoms with Gasteiger partial charge in [-0.2, -0.15) is 0 Å². The summed E-state index contributed by atoms with van der Waals surface area (Å²) >= 11 is 0. The van der Waals surface area contributed by atoms with Crippen LogP contribution in [0.5, 0.6) is 0 Å². The van der Waals surface area contributed by atoms with E-state index in [0.717, 1.165) is 17.8 Å². The zero-order valence-electron chi connectivity index (χ0n) is 7.25. The fraction of sp³-hybridized carbons (Fsp3) is 0.556. The van der Waals surface area contributed by atoms with Gasteiger partial charge in [-0.25, -0.2) is 9.97 Å². The smallest absolute Gasteiger partial charge is 0.130 e. The van der Waals surface area contributed by atoms with E-state index in [-0.39, 0.29) is 0 Å². The molecule has 12 heavy (non-hydrogen) atoms. The number of nitrogens with two attached hydrogens (primary N) is 1. The van der Waals surface area contributed by atoms with Crippen molar-refractivity contribution in [2.75, 3.05) is 5.73 Å². The maximum atomic E-state index is 5.79. The van der Waals surface area contributed by atoms with Crippen LogP contribution in [-0.4, -0.2) is 9.97 Å². The number of aromatic nitrogens is 2. The Morgan fingerprint density at radius 2 is 2.33 bits per heavy atom. The molecule has 1 saturated carbocycles. The summed E-state index contributed by atoms with van der Waals surface area (Å²) in [5.74, 6) is 2.18. The minimum absolute atomic E-state index is 0.649. The standard InChI is InChI=1S/C9H13N3/c1-2-8-11-5-7(6-3-4-6)9(10)12-8/h5-6H,2-4H2,1H3,(H2,10,11,12). The van der Waals surface area contributed by atoms with Crippen molar-refractivity contribution in [3.8, 4) is 0 Å². The highest BCUT2D eigenvalue weighted by Gasteiger charge is 2.26. The molecule has 0 spiro atoms. The average molecular weight is 163 g/mol. The van der Waals surface area contributed by atoms with Gasteiger partial charge in [0.1, 0.15) is 11.6 Å². The summed E-state index contributed by atoms with van der Waals surface area (Å²) in [5, 5.41) is 0. The van der Waals surface area contributed by atoms with Gasteiger partial charge in [0.15, 0.2) is 0 Å². The molecule has 1 heterocycles. The molecule has 64 valence electrons. The van der Waals surface area contributed by atoms with E-state index in [0.29, 0.717) is 11.7 Å². The van der Waals surface area contributed by atoms with Gasteiger partial charge in [-0.15, -0.1) is 0 Å². The number of hydrogen-bond donors (Lipinski definition) is 1. The molecule has 1 aliphatic carbocycles. The van der Waals surface area contributed by atoms with E-state index in [4.69, 9.17) is 5.73 Å². The van der Waals surface area contributed by atoms with Crippen LogP contribution < -0.4 is 5.73 Å². The fourth-order valence-electron chi connectivity index (χ4n) is 1.32. The van der Waals surface area contributed by atoms with Crippen LogP contribution in [0.2, 0.25) is 0 Å². The monoisotopic (exact) mass is 163 g/mol. The van der Waals surface area contributed by atoms with Gasteiger partial charge in [-0.05, 0) is 18.8 Å². The van der Waals surface area contributed by atoms with E-state index >= 15 is 0 Å². The molecule has 2 N–H and O–H groups in total. The molecule has 0 bridgehead atoms. The van der Waals surface area contributed by atoms with Crippen molar-refractivity contribution in [1.82, 2.24) is 9.97 Å². The van der Waals surface area contributed by atoms with Gasteiger partial charge in [-0.3, -0.25) is 0 Å². The molecule has 3 nitrogen and oxygen atoms in total. The maximum absolute atomic E-state index is 5.79. The third kappa shape index (κ3) is 1.26.